The predicted molar refractivity (Wildman–Crippen MR) is 103 cm³/mol. The lowest BCUT2D eigenvalue weighted by Gasteiger charge is -2.26. The number of ketones is 1. The fraction of sp³-hybridized carbons (Fsp3) is 0.263. The Hall–Kier alpha value is -3.00. The standard InChI is InChI=1S/C19H17N3O4S/c1-10-6-13-18(27-10)20-11(2)22(19(13)25)8-15(23)12-4-5-16-14(7-12)21(3)17(24)9-26-16/h4-7H,8-9H2,1-3H3. The Morgan fingerprint density at radius 2 is 2.04 bits per heavy atom. The minimum atomic E-state index is -0.234. The average molecular weight is 383 g/mol. The molecule has 0 spiro atoms. The van der Waals surface area contributed by atoms with Crippen molar-refractivity contribution in [3.05, 3.63) is 50.9 Å². The molecule has 0 aliphatic carbocycles. The fourth-order valence-corrected chi connectivity index (χ4v) is 4.02. The number of hydrogen-bond acceptors (Lipinski definition) is 6. The van der Waals surface area contributed by atoms with E-state index in [-0.39, 0.29) is 30.4 Å². The van der Waals surface area contributed by atoms with E-state index in [1.807, 2.05) is 6.92 Å². The molecule has 0 bridgehead atoms. The number of thiophene rings is 1. The maximum atomic E-state index is 12.8. The third-order valence-electron chi connectivity index (χ3n) is 4.63. The van der Waals surface area contributed by atoms with E-state index in [2.05, 4.69) is 4.98 Å². The van der Waals surface area contributed by atoms with Crippen molar-refractivity contribution < 1.29 is 14.3 Å². The van der Waals surface area contributed by atoms with E-state index >= 15 is 0 Å². The number of amides is 1. The van der Waals surface area contributed by atoms with Crippen molar-refractivity contribution in [3.63, 3.8) is 0 Å². The second-order valence-electron chi connectivity index (χ2n) is 6.47. The van der Waals surface area contributed by atoms with Crippen LogP contribution in [0.15, 0.2) is 29.1 Å². The van der Waals surface area contributed by atoms with Crippen LogP contribution in [0.5, 0.6) is 5.75 Å². The third kappa shape index (κ3) is 2.91. The minimum absolute atomic E-state index is 0.0167. The lowest BCUT2D eigenvalue weighted by Crippen LogP contribution is -2.35. The van der Waals surface area contributed by atoms with Gasteiger partial charge in [-0.15, -0.1) is 11.3 Å². The molecule has 3 aromatic rings. The molecule has 0 N–H and O–H groups in total. The molecule has 0 saturated carbocycles. The second kappa shape index (κ2) is 6.31. The molecule has 0 fully saturated rings. The Kier molecular flexibility index (Phi) is 4.07. The lowest BCUT2D eigenvalue weighted by atomic mass is 10.1. The van der Waals surface area contributed by atoms with Crippen LogP contribution in [0.3, 0.4) is 0 Å². The number of likely N-dealkylation sites (N-methyl/N-ethyl adjacent to an activating group) is 1. The van der Waals surface area contributed by atoms with E-state index in [1.165, 1.54) is 20.8 Å². The summed E-state index contributed by atoms with van der Waals surface area (Å²) in [5.74, 6) is 0.638. The molecule has 8 heteroatoms. The highest BCUT2D eigenvalue weighted by molar-refractivity contribution is 7.18. The first-order valence-corrected chi connectivity index (χ1v) is 9.21. The Morgan fingerprint density at radius 1 is 1.26 bits per heavy atom. The van der Waals surface area contributed by atoms with Gasteiger partial charge in [0.2, 0.25) is 0 Å². The zero-order valence-corrected chi connectivity index (χ0v) is 15.9. The number of hydrogen-bond donors (Lipinski definition) is 0. The number of benzene rings is 1. The fourth-order valence-electron chi connectivity index (χ4n) is 3.10. The molecular formula is C19H17N3O4S. The summed E-state index contributed by atoms with van der Waals surface area (Å²) in [6, 6.07) is 6.74. The zero-order chi connectivity index (χ0) is 19.3. The summed E-state index contributed by atoms with van der Waals surface area (Å²) < 4.78 is 6.77. The van der Waals surface area contributed by atoms with Gasteiger partial charge < -0.3 is 9.64 Å². The van der Waals surface area contributed by atoms with E-state index < -0.39 is 0 Å². The van der Waals surface area contributed by atoms with Crippen molar-refractivity contribution in [2.75, 3.05) is 18.6 Å². The molecule has 1 aliphatic rings. The van der Waals surface area contributed by atoms with Gasteiger partial charge in [-0.1, -0.05) is 0 Å². The number of carbonyl (C=O) groups excluding carboxylic acids is 2. The maximum absolute atomic E-state index is 12.8. The van der Waals surface area contributed by atoms with E-state index in [0.717, 1.165) is 4.88 Å². The second-order valence-corrected chi connectivity index (χ2v) is 7.71. The van der Waals surface area contributed by atoms with E-state index in [9.17, 15) is 14.4 Å². The number of anilines is 1. The van der Waals surface area contributed by atoms with Gasteiger partial charge in [0.15, 0.2) is 12.4 Å². The Labute approximate surface area is 158 Å². The van der Waals surface area contributed by atoms with E-state index in [1.54, 1.807) is 38.2 Å². The van der Waals surface area contributed by atoms with Crippen molar-refractivity contribution in [1.29, 1.82) is 0 Å². The highest BCUT2D eigenvalue weighted by Gasteiger charge is 2.24. The van der Waals surface area contributed by atoms with Gasteiger partial charge in [0.05, 0.1) is 17.6 Å². The van der Waals surface area contributed by atoms with Crippen LogP contribution in [0.4, 0.5) is 5.69 Å². The summed E-state index contributed by atoms with van der Waals surface area (Å²) >= 11 is 1.46. The molecule has 0 radical (unpaired) electrons. The van der Waals surface area contributed by atoms with Gasteiger partial charge >= 0.3 is 0 Å². The number of rotatable bonds is 3. The van der Waals surface area contributed by atoms with Crippen LogP contribution >= 0.6 is 11.3 Å². The largest absolute Gasteiger partial charge is 0.482 e. The quantitative estimate of drug-likeness (QED) is 0.649. The molecule has 0 saturated heterocycles. The molecule has 2 aromatic heterocycles. The van der Waals surface area contributed by atoms with Crippen molar-refractivity contribution in [1.82, 2.24) is 9.55 Å². The summed E-state index contributed by atoms with van der Waals surface area (Å²) in [6.45, 7) is 3.51. The molecule has 4 rings (SSSR count). The molecule has 0 unspecified atom stereocenters. The smallest absolute Gasteiger partial charge is 0.264 e. The Bertz CT molecular complexity index is 1160. The van der Waals surface area contributed by atoms with Crippen LogP contribution in [0, 0.1) is 13.8 Å². The van der Waals surface area contributed by atoms with Crippen molar-refractivity contribution in [3.8, 4) is 5.75 Å². The van der Waals surface area contributed by atoms with Crippen LogP contribution in [0.25, 0.3) is 10.2 Å². The number of aryl methyl sites for hydroxylation is 2. The molecule has 1 aromatic carbocycles. The van der Waals surface area contributed by atoms with Crippen molar-refractivity contribution >= 4 is 38.9 Å². The van der Waals surface area contributed by atoms with Gasteiger partial charge in [-0.2, -0.15) is 0 Å². The highest BCUT2D eigenvalue weighted by atomic mass is 32.1. The first-order chi connectivity index (χ1) is 12.8. The van der Waals surface area contributed by atoms with Gasteiger partial charge in [0, 0.05) is 17.5 Å². The Balaban J connectivity index is 1.70. The van der Waals surface area contributed by atoms with Crippen LogP contribution in [0.2, 0.25) is 0 Å². The summed E-state index contributed by atoms with van der Waals surface area (Å²) in [4.78, 5) is 45.0. The van der Waals surface area contributed by atoms with Gasteiger partial charge in [-0.25, -0.2) is 4.98 Å². The van der Waals surface area contributed by atoms with Gasteiger partial charge in [0.1, 0.15) is 16.4 Å². The zero-order valence-electron chi connectivity index (χ0n) is 15.1. The molecule has 0 atom stereocenters. The highest BCUT2D eigenvalue weighted by Crippen LogP contribution is 2.32. The summed E-state index contributed by atoms with van der Waals surface area (Å²) in [6.07, 6.45) is 0. The molecule has 27 heavy (non-hydrogen) atoms. The monoisotopic (exact) mass is 383 g/mol. The van der Waals surface area contributed by atoms with Crippen molar-refractivity contribution in [2.45, 2.75) is 20.4 Å². The molecule has 1 amide bonds. The molecule has 138 valence electrons. The Morgan fingerprint density at radius 3 is 2.81 bits per heavy atom. The van der Waals surface area contributed by atoms with Crippen molar-refractivity contribution in [2.24, 2.45) is 0 Å². The first-order valence-electron chi connectivity index (χ1n) is 8.39. The number of ether oxygens (including phenoxy) is 1. The topological polar surface area (TPSA) is 81.5 Å². The average Bonchev–Trinajstić information content (AvgIpc) is 3.01. The summed E-state index contributed by atoms with van der Waals surface area (Å²) in [5.41, 5.74) is 0.735. The first kappa shape index (κ1) is 17.4. The predicted octanol–water partition coefficient (Wildman–Crippen LogP) is 2.31. The maximum Gasteiger partial charge on any atom is 0.264 e. The van der Waals surface area contributed by atoms with Crippen LogP contribution < -0.4 is 15.2 Å². The van der Waals surface area contributed by atoms with Crippen LogP contribution in [-0.2, 0) is 11.3 Å². The summed E-state index contributed by atoms with van der Waals surface area (Å²) in [7, 11) is 1.64. The molecule has 7 nitrogen and oxygen atoms in total. The molecular weight excluding hydrogens is 366 g/mol. The van der Waals surface area contributed by atoms with Gasteiger partial charge in [-0.05, 0) is 38.1 Å². The van der Waals surface area contributed by atoms with Gasteiger partial charge in [0.25, 0.3) is 11.5 Å². The van der Waals surface area contributed by atoms with E-state index in [4.69, 9.17) is 4.74 Å². The van der Waals surface area contributed by atoms with Crippen LogP contribution in [0.1, 0.15) is 21.1 Å². The number of carbonyl (C=O) groups is 2. The number of aromatic nitrogens is 2. The number of Topliss-reactive ketones (excluding diaryl/α,β-unsaturated/α-hetero) is 1. The minimum Gasteiger partial charge on any atom is -0.482 e. The molecule has 3 heterocycles. The number of fused-ring (bicyclic) bond motifs is 2. The van der Waals surface area contributed by atoms with E-state index in [0.29, 0.717) is 33.0 Å². The normalized spacial score (nSPS) is 13.6. The lowest BCUT2D eigenvalue weighted by molar-refractivity contribution is -0.120. The number of nitrogens with zero attached hydrogens (tertiary/aromatic N) is 3. The third-order valence-corrected chi connectivity index (χ3v) is 5.58. The van der Waals surface area contributed by atoms with Gasteiger partial charge in [-0.3, -0.25) is 19.0 Å². The molecule has 1 aliphatic heterocycles. The summed E-state index contributed by atoms with van der Waals surface area (Å²) in [5, 5.41) is 0.528. The SMILES string of the molecule is Cc1cc2c(=O)n(CC(=O)c3ccc4c(c3)N(C)C(=O)CO4)c(C)nc2s1. The van der Waals surface area contributed by atoms with Crippen LogP contribution in [-0.4, -0.2) is 34.9 Å².